The zero-order valence-corrected chi connectivity index (χ0v) is 14.8. The molecular weight excluding hydrogens is 324 g/mol. The molecular formula is C19H22O6. The Bertz CT molecular complexity index is 701. The number of hydrogen-bond acceptors (Lipinski definition) is 6. The molecule has 0 heterocycles. The summed E-state index contributed by atoms with van der Waals surface area (Å²) >= 11 is 0. The maximum Gasteiger partial charge on any atom is 0.311 e. The Kier molecular flexibility index (Phi) is 6.51. The topological polar surface area (TPSA) is 63.2 Å². The van der Waals surface area contributed by atoms with Gasteiger partial charge in [0, 0.05) is 6.42 Å². The van der Waals surface area contributed by atoms with Gasteiger partial charge in [-0.2, -0.15) is 0 Å². The van der Waals surface area contributed by atoms with Crippen molar-refractivity contribution in [2.24, 2.45) is 0 Å². The second kappa shape index (κ2) is 8.82. The van der Waals surface area contributed by atoms with Crippen molar-refractivity contribution < 1.29 is 28.5 Å². The maximum atomic E-state index is 12.1. The third kappa shape index (κ3) is 4.56. The summed E-state index contributed by atoms with van der Waals surface area (Å²) in [5.74, 6) is 2.19. The van der Waals surface area contributed by atoms with Crippen molar-refractivity contribution in [3.8, 4) is 28.7 Å². The molecule has 0 bridgehead atoms. The smallest absolute Gasteiger partial charge is 0.311 e. The zero-order valence-electron chi connectivity index (χ0n) is 14.8. The Hall–Kier alpha value is -2.89. The van der Waals surface area contributed by atoms with Crippen LogP contribution in [0.5, 0.6) is 28.7 Å². The Morgan fingerprint density at radius 3 is 1.88 bits per heavy atom. The third-order valence-corrected chi connectivity index (χ3v) is 3.64. The molecule has 0 aliphatic carbocycles. The van der Waals surface area contributed by atoms with Crippen LogP contribution in [0, 0.1) is 0 Å². The van der Waals surface area contributed by atoms with E-state index in [9.17, 15) is 4.79 Å². The lowest BCUT2D eigenvalue weighted by atomic mass is 10.1. The van der Waals surface area contributed by atoms with E-state index < -0.39 is 0 Å². The van der Waals surface area contributed by atoms with Gasteiger partial charge in [0.15, 0.2) is 23.0 Å². The predicted octanol–water partition coefficient (Wildman–Crippen LogP) is 3.26. The van der Waals surface area contributed by atoms with Gasteiger partial charge in [0.1, 0.15) is 0 Å². The van der Waals surface area contributed by atoms with E-state index in [1.54, 1.807) is 39.5 Å². The van der Waals surface area contributed by atoms with Crippen molar-refractivity contribution in [3.63, 3.8) is 0 Å². The molecule has 0 atom stereocenters. The Morgan fingerprint density at radius 1 is 0.800 bits per heavy atom. The van der Waals surface area contributed by atoms with Crippen LogP contribution in [0.1, 0.15) is 12.0 Å². The predicted molar refractivity (Wildman–Crippen MR) is 93.0 cm³/mol. The van der Waals surface area contributed by atoms with Gasteiger partial charge in [0.2, 0.25) is 5.75 Å². The van der Waals surface area contributed by atoms with Gasteiger partial charge >= 0.3 is 5.97 Å². The van der Waals surface area contributed by atoms with Crippen molar-refractivity contribution in [1.82, 2.24) is 0 Å². The summed E-state index contributed by atoms with van der Waals surface area (Å²) in [4.78, 5) is 12.1. The molecule has 0 aliphatic rings. The highest BCUT2D eigenvalue weighted by Gasteiger charge is 2.15. The van der Waals surface area contributed by atoms with Crippen LogP contribution in [0.2, 0.25) is 0 Å². The van der Waals surface area contributed by atoms with E-state index in [0.717, 1.165) is 5.56 Å². The van der Waals surface area contributed by atoms with Crippen LogP contribution in [0.3, 0.4) is 0 Å². The van der Waals surface area contributed by atoms with Gasteiger partial charge in [0.25, 0.3) is 0 Å². The molecule has 0 saturated carbocycles. The molecule has 0 aliphatic heterocycles. The zero-order chi connectivity index (χ0) is 18.2. The maximum absolute atomic E-state index is 12.1. The summed E-state index contributed by atoms with van der Waals surface area (Å²) in [7, 11) is 6.18. The van der Waals surface area contributed by atoms with Gasteiger partial charge in [-0.15, -0.1) is 0 Å². The third-order valence-electron chi connectivity index (χ3n) is 3.64. The second-order valence-corrected chi connectivity index (χ2v) is 5.16. The number of para-hydroxylation sites is 2. The molecule has 6 nitrogen and oxygen atoms in total. The number of carbonyl (C=O) groups excluding carboxylic acids is 1. The molecule has 0 saturated heterocycles. The summed E-state index contributed by atoms with van der Waals surface area (Å²) in [5.41, 5.74) is 0.881. The largest absolute Gasteiger partial charge is 0.493 e. The quantitative estimate of drug-likeness (QED) is 0.540. The number of hydrogen-bond donors (Lipinski definition) is 0. The number of rotatable bonds is 8. The monoisotopic (exact) mass is 346 g/mol. The van der Waals surface area contributed by atoms with Crippen molar-refractivity contribution >= 4 is 5.97 Å². The Labute approximate surface area is 147 Å². The minimum atomic E-state index is -0.349. The SMILES string of the molecule is COc1ccccc1OC(=O)CCc1cc(OC)c(OC)c(OC)c1. The first-order chi connectivity index (χ1) is 12.1. The van der Waals surface area contributed by atoms with Crippen molar-refractivity contribution in [2.45, 2.75) is 12.8 Å². The second-order valence-electron chi connectivity index (χ2n) is 5.16. The highest BCUT2D eigenvalue weighted by molar-refractivity contribution is 5.73. The molecule has 0 unspecified atom stereocenters. The average Bonchev–Trinajstić information content (AvgIpc) is 2.65. The normalized spacial score (nSPS) is 10.1. The number of carbonyl (C=O) groups is 1. The summed E-state index contributed by atoms with van der Waals surface area (Å²) in [6.07, 6.45) is 0.682. The molecule has 0 aromatic heterocycles. The Balaban J connectivity index is 2.06. The van der Waals surface area contributed by atoms with Gasteiger partial charge in [-0.3, -0.25) is 4.79 Å². The highest BCUT2D eigenvalue weighted by atomic mass is 16.6. The fourth-order valence-corrected chi connectivity index (χ4v) is 2.40. The van der Waals surface area contributed by atoms with Gasteiger partial charge in [0.05, 0.1) is 28.4 Å². The molecule has 0 amide bonds. The van der Waals surface area contributed by atoms with Crippen LogP contribution < -0.4 is 23.7 Å². The molecule has 0 radical (unpaired) electrons. The minimum absolute atomic E-state index is 0.205. The van der Waals surface area contributed by atoms with Crippen LogP contribution in [-0.2, 0) is 11.2 Å². The first-order valence-corrected chi connectivity index (χ1v) is 7.75. The summed E-state index contributed by atoms with van der Waals surface area (Å²) in [5, 5.41) is 0. The van der Waals surface area contributed by atoms with Gasteiger partial charge < -0.3 is 23.7 Å². The van der Waals surface area contributed by atoms with E-state index in [1.165, 1.54) is 7.11 Å². The van der Waals surface area contributed by atoms with E-state index in [4.69, 9.17) is 23.7 Å². The van der Waals surface area contributed by atoms with E-state index in [1.807, 2.05) is 18.2 Å². The first kappa shape index (κ1) is 18.4. The lowest BCUT2D eigenvalue weighted by molar-refractivity contribution is -0.134. The van der Waals surface area contributed by atoms with Crippen molar-refractivity contribution in [3.05, 3.63) is 42.0 Å². The van der Waals surface area contributed by atoms with Crippen LogP contribution >= 0.6 is 0 Å². The van der Waals surface area contributed by atoms with E-state index >= 15 is 0 Å². The summed E-state index contributed by atoms with van der Waals surface area (Å²) < 4.78 is 26.5. The first-order valence-electron chi connectivity index (χ1n) is 7.75. The lowest BCUT2D eigenvalue weighted by Crippen LogP contribution is -2.10. The van der Waals surface area contributed by atoms with Crippen LogP contribution in [-0.4, -0.2) is 34.4 Å². The summed E-state index contributed by atoms with van der Waals surface area (Å²) in [6.45, 7) is 0. The average molecular weight is 346 g/mol. The van der Waals surface area contributed by atoms with Crippen LogP contribution in [0.25, 0.3) is 0 Å². The van der Waals surface area contributed by atoms with Gasteiger partial charge in [-0.05, 0) is 36.2 Å². The molecule has 0 fully saturated rings. The van der Waals surface area contributed by atoms with Gasteiger partial charge in [-0.25, -0.2) is 0 Å². The molecule has 0 N–H and O–H groups in total. The lowest BCUT2D eigenvalue weighted by Gasteiger charge is -2.14. The van der Waals surface area contributed by atoms with Crippen LogP contribution in [0.15, 0.2) is 36.4 Å². The fraction of sp³-hybridized carbons (Fsp3) is 0.316. The number of ether oxygens (including phenoxy) is 5. The van der Waals surface area contributed by atoms with Crippen molar-refractivity contribution in [1.29, 1.82) is 0 Å². The molecule has 134 valence electrons. The number of benzene rings is 2. The molecule has 6 heteroatoms. The standard InChI is InChI=1S/C19H22O6/c1-21-14-7-5-6-8-15(14)25-18(20)10-9-13-11-16(22-2)19(24-4)17(12-13)23-3/h5-8,11-12H,9-10H2,1-4H3. The Morgan fingerprint density at radius 2 is 1.36 bits per heavy atom. The molecule has 2 aromatic rings. The molecule has 0 spiro atoms. The molecule has 2 rings (SSSR count). The van der Waals surface area contributed by atoms with E-state index in [0.29, 0.717) is 35.2 Å². The van der Waals surface area contributed by atoms with E-state index in [-0.39, 0.29) is 12.4 Å². The van der Waals surface area contributed by atoms with E-state index in [2.05, 4.69) is 0 Å². The van der Waals surface area contributed by atoms with Gasteiger partial charge in [-0.1, -0.05) is 12.1 Å². The van der Waals surface area contributed by atoms with Crippen molar-refractivity contribution in [2.75, 3.05) is 28.4 Å². The highest BCUT2D eigenvalue weighted by Crippen LogP contribution is 2.38. The minimum Gasteiger partial charge on any atom is -0.493 e. The number of esters is 1. The number of methoxy groups -OCH3 is 4. The fourth-order valence-electron chi connectivity index (χ4n) is 2.40. The number of aryl methyl sites for hydroxylation is 1. The summed E-state index contributed by atoms with van der Waals surface area (Å²) in [6, 6.07) is 10.7. The van der Waals surface area contributed by atoms with Crippen LogP contribution in [0.4, 0.5) is 0 Å². The molecule has 2 aromatic carbocycles. The molecule has 25 heavy (non-hydrogen) atoms.